The second-order valence-electron chi connectivity index (χ2n) is 6.48. The second-order valence-corrected chi connectivity index (χ2v) is 6.48. The molecule has 0 bridgehead atoms. The lowest BCUT2D eigenvalue weighted by Gasteiger charge is -2.24. The minimum absolute atomic E-state index is 0.537. The molecule has 0 radical (unpaired) electrons. The van der Waals surface area contributed by atoms with E-state index >= 15 is 0 Å². The summed E-state index contributed by atoms with van der Waals surface area (Å²) in [5.41, 5.74) is 0. The second kappa shape index (κ2) is 11.8. The fourth-order valence-electron chi connectivity index (χ4n) is 3.10. The van der Waals surface area contributed by atoms with Crippen molar-refractivity contribution in [3.05, 3.63) is 12.4 Å². The van der Waals surface area contributed by atoms with Gasteiger partial charge in [-0.2, -0.15) is 0 Å². The van der Waals surface area contributed by atoms with Gasteiger partial charge in [0, 0.05) is 6.20 Å². The van der Waals surface area contributed by atoms with E-state index in [1.807, 2.05) is 12.4 Å². The Labute approximate surface area is 131 Å². The molecule has 0 spiro atoms. The van der Waals surface area contributed by atoms with E-state index in [-0.39, 0.29) is 0 Å². The van der Waals surface area contributed by atoms with Gasteiger partial charge in [0.2, 0.25) is 0 Å². The highest BCUT2D eigenvalue weighted by molar-refractivity contribution is 4.76. The minimum atomic E-state index is 0.537. The molecule has 3 nitrogen and oxygen atoms in total. The van der Waals surface area contributed by atoms with E-state index in [1.165, 1.54) is 70.6 Å². The van der Waals surface area contributed by atoms with Crippen molar-refractivity contribution >= 4 is 0 Å². The van der Waals surface area contributed by atoms with Crippen LogP contribution >= 0.6 is 0 Å². The van der Waals surface area contributed by atoms with Crippen LogP contribution in [-0.4, -0.2) is 15.0 Å². The van der Waals surface area contributed by atoms with E-state index in [1.54, 1.807) is 0 Å². The lowest BCUT2D eigenvalue weighted by atomic mass is 9.91. The number of nitrogens with zero attached hydrogens (tertiary/aromatic N) is 3. The highest BCUT2D eigenvalue weighted by Gasteiger charge is 2.19. The van der Waals surface area contributed by atoms with Crippen LogP contribution in [0.15, 0.2) is 12.4 Å². The first-order valence-corrected chi connectivity index (χ1v) is 9.15. The maximum Gasteiger partial charge on any atom is 0.0693 e. The first kappa shape index (κ1) is 18.2. The third kappa shape index (κ3) is 7.63. The van der Waals surface area contributed by atoms with Gasteiger partial charge in [-0.3, -0.25) is 0 Å². The van der Waals surface area contributed by atoms with Crippen molar-refractivity contribution in [2.75, 3.05) is 0 Å². The van der Waals surface area contributed by atoms with Gasteiger partial charge < -0.3 is 0 Å². The van der Waals surface area contributed by atoms with E-state index in [4.69, 9.17) is 0 Å². The van der Waals surface area contributed by atoms with Crippen LogP contribution in [0.3, 0.4) is 0 Å². The van der Waals surface area contributed by atoms with Crippen molar-refractivity contribution in [3.63, 3.8) is 0 Å². The van der Waals surface area contributed by atoms with Crippen LogP contribution in [0.2, 0.25) is 0 Å². The summed E-state index contributed by atoms with van der Waals surface area (Å²) in [5.74, 6) is 0.701. The Morgan fingerprint density at radius 3 is 2.14 bits per heavy atom. The lowest BCUT2D eigenvalue weighted by molar-refractivity contribution is 0.275. The molecule has 1 rings (SSSR count). The Bertz CT molecular complexity index is 321. The molecule has 0 saturated heterocycles. The summed E-state index contributed by atoms with van der Waals surface area (Å²) in [5, 5.41) is 8.25. The van der Waals surface area contributed by atoms with Crippen LogP contribution in [0.4, 0.5) is 0 Å². The molecule has 0 aliphatic rings. The topological polar surface area (TPSA) is 30.7 Å². The van der Waals surface area contributed by atoms with Crippen LogP contribution in [0.25, 0.3) is 0 Å². The predicted octanol–water partition coefficient (Wildman–Crippen LogP) is 5.79. The van der Waals surface area contributed by atoms with Crippen LogP contribution in [0.1, 0.15) is 97.4 Å². The molecule has 0 fully saturated rings. The first-order chi connectivity index (χ1) is 10.3. The van der Waals surface area contributed by atoms with Crippen molar-refractivity contribution in [3.8, 4) is 0 Å². The molecule has 122 valence electrons. The summed E-state index contributed by atoms with van der Waals surface area (Å²) in [6.07, 6.45) is 18.7. The molecule has 1 aromatic heterocycles. The number of unbranched alkanes of at least 4 members (excludes halogenated alkanes) is 7. The van der Waals surface area contributed by atoms with E-state index in [9.17, 15) is 0 Å². The van der Waals surface area contributed by atoms with Gasteiger partial charge in [0.05, 0.1) is 12.2 Å². The normalized spacial score (nSPS) is 14.2. The fraction of sp³-hybridized carbons (Fsp3) is 0.889. The molecule has 1 heterocycles. The van der Waals surface area contributed by atoms with E-state index in [0.29, 0.717) is 12.0 Å². The first-order valence-electron chi connectivity index (χ1n) is 9.15. The lowest BCUT2D eigenvalue weighted by Crippen LogP contribution is -2.18. The third-order valence-electron chi connectivity index (χ3n) is 4.55. The summed E-state index contributed by atoms with van der Waals surface area (Å²) in [4.78, 5) is 0. The minimum Gasteiger partial charge on any atom is -0.249 e. The maximum absolute atomic E-state index is 4.25. The van der Waals surface area contributed by atoms with Gasteiger partial charge in [0.1, 0.15) is 0 Å². The molecular formula is C18H35N3. The average molecular weight is 293 g/mol. The van der Waals surface area contributed by atoms with Gasteiger partial charge in [-0.1, -0.05) is 83.8 Å². The summed E-state index contributed by atoms with van der Waals surface area (Å²) in [6, 6.07) is 0.537. The van der Waals surface area contributed by atoms with Gasteiger partial charge in [-0.25, -0.2) is 4.68 Å². The Hall–Kier alpha value is -0.860. The molecule has 3 heteroatoms. The SMILES string of the molecule is CCCCCCCCCC(C(C)CCCC)n1ccnn1. The van der Waals surface area contributed by atoms with Crippen LogP contribution in [0, 0.1) is 5.92 Å². The molecule has 0 amide bonds. The third-order valence-corrected chi connectivity index (χ3v) is 4.55. The summed E-state index contributed by atoms with van der Waals surface area (Å²) < 4.78 is 2.09. The van der Waals surface area contributed by atoms with Crippen molar-refractivity contribution < 1.29 is 0 Å². The average Bonchev–Trinajstić information content (AvgIpc) is 3.01. The molecule has 1 aromatic rings. The molecule has 0 aliphatic heterocycles. The molecule has 0 saturated carbocycles. The quantitative estimate of drug-likeness (QED) is 0.431. The number of rotatable bonds is 13. The van der Waals surface area contributed by atoms with Gasteiger partial charge in [0.25, 0.3) is 0 Å². The van der Waals surface area contributed by atoms with Crippen LogP contribution in [-0.2, 0) is 0 Å². The molecule has 0 aromatic carbocycles. The Kier molecular flexibility index (Phi) is 10.2. The standard InChI is InChI=1S/C18H35N3/c1-4-6-8-9-10-11-12-14-18(17(3)13-7-5-2)21-16-15-19-20-21/h15-18H,4-14H2,1-3H3. The highest BCUT2D eigenvalue weighted by atomic mass is 15.4. The number of aromatic nitrogens is 3. The van der Waals surface area contributed by atoms with Crippen molar-refractivity contribution in [2.24, 2.45) is 5.92 Å². The summed E-state index contributed by atoms with van der Waals surface area (Å²) in [6.45, 7) is 6.93. The molecule has 0 N–H and O–H groups in total. The van der Waals surface area contributed by atoms with E-state index < -0.39 is 0 Å². The highest BCUT2D eigenvalue weighted by Crippen LogP contribution is 2.27. The van der Waals surface area contributed by atoms with E-state index in [2.05, 4.69) is 35.8 Å². The van der Waals surface area contributed by atoms with Gasteiger partial charge in [-0.05, 0) is 18.8 Å². The van der Waals surface area contributed by atoms with Crippen molar-refractivity contribution in [1.82, 2.24) is 15.0 Å². The maximum atomic E-state index is 4.25. The van der Waals surface area contributed by atoms with Crippen LogP contribution in [0.5, 0.6) is 0 Å². The predicted molar refractivity (Wildman–Crippen MR) is 90.4 cm³/mol. The largest absolute Gasteiger partial charge is 0.249 e. The number of hydrogen-bond donors (Lipinski definition) is 0. The van der Waals surface area contributed by atoms with Crippen LogP contribution < -0.4 is 0 Å². The molecule has 2 atom stereocenters. The zero-order valence-corrected chi connectivity index (χ0v) is 14.4. The molecule has 21 heavy (non-hydrogen) atoms. The van der Waals surface area contributed by atoms with Crippen molar-refractivity contribution in [2.45, 2.75) is 97.4 Å². The zero-order chi connectivity index (χ0) is 15.3. The van der Waals surface area contributed by atoms with Gasteiger partial charge in [0.15, 0.2) is 0 Å². The summed E-state index contributed by atoms with van der Waals surface area (Å²) >= 11 is 0. The Morgan fingerprint density at radius 1 is 0.857 bits per heavy atom. The molecular weight excluding hydrogens is 258 g/mol. The summed E-state index contributed by atoms with van der Waals surface area (Å²) in [7, 11) is 0. The van der Waals surface area contributed by atoms with E-state index in [0.717, 1.165) is 0 Å². The fourth-order valence-corrected chi connectivity index (χ4v) is 3.10. The zero-order valence-electron chi connectivity index (χ0n) is 14.4. The van der Waals surface area contributed by atoms with Crippen molar-refractivity contribution in [1.29, 1.82) is 0 Å². The molecule has 0 aliphatic carbocycles. The monoisotopic (exact) mass is 293 g/mol. The molecule has 2 unspecified atom stereocenters. The van der Waals surface area contributed by atoms with Gasteiger partial charge >= 0.3 is 0 Å². The number of hydrogen-bond acceptors (Lipinski definition) is 2. The van der Waals surface area contributed by atoms with Gasteiger partial charge in [-0.15, -0.1) is 5.10 Å². The Morgan fingerprint density at radius 2 is 1.52 bits per heavy atom. The smallest absolute Gasteiger partial charge is 0.0693 e. The Balaban J connectivity index is 2.29.